The first-order valence-corrected chi connectivity index (χ1v) is 11.9. The summed E-state index contributed by atoms with van der Waals surface area (Å²) in [7, 11) is -2.39. The van der Waals surface area contributed by atoms with Crippen molar-refractivity contribution in [1.29, 1.82) is 0 Å². The molecule has 32 heavy (non-hydrogen) atoms. The summed E-state index contributed by atoms with van der Waals surface area (Å²) >= 11 is 5.86. The van der Waals surface area contributed by atoms with E-state index in [0.717, 1.165) is 28.3 Å². The molecule has 0 amide bonds. The lowest BCUT2D eigenvalue weighted by atomic mass is 9.82. The number of benzene rings is 2. The van der Waals surface area contributed by atoms with Gasteiger partial charge >= 0.3 is 11.9 Å². The van der Waals surface area contributed by atoms with Gasteiger partial charge in [-0.05, 0) is 78.3 Å². The molecule has 0 saturated carbocycles. The summed E-state index contributed by atoms with van der Waals surface area (Å²) in [4.78, 5) is 22.7. The average Bonchev–Trinajstić information content (AvgIpc) is 2.76. The standard InChI is InChI=1S/C23H24ClNO6S/c1-31-23(28)13-5-15-2-3-16(4-12-22(26)27)21-14-18(8-11-20(15)21)25-32(29,30)19-9-6-17(24)7-10-19/h2-4,6-7,9-10,12,18,25H,5,8,11,13-14H2,1H3,(H,26,27). The average molecular weight is 478 g/mol. The molecule has 0 saturated heterocycles. The van der Waals surface area contributed by atoms with Gasteiger partial charge < -0.3 is 9.84 Å². The maximum absolute atomic E-state index is 12.8. The number of carbonyl (C=O) groups excluding carboxylic acids is 1. The van der Waals surface area contributed by atoms with Gasteiger partial charge in [-0.15, -0.1) is 0 Å². The van der Waals surface area contributed by atoms with Crippen LogP contribution in [0.2, 0.25) is 5.02 Å². The first kappa shape index (κ1) is 24.0. The third-order valence-electron chi connectivity index (χ3n) is 5.44. The number of nitrogens with one attached hydrogen (secondary N) is 1. The Morgan fingerprint density at radius 2 is 1.91 bits per heavy atom. The van der Waals surface area contributed by atoms with Crippen molar-refractivity contribution in [3.8, 4) is 0 Å². The van der Waals surface area contributed by atoms with Crippen LogP contribution in [0.5, 0.6) is 0 Å². The van der Waals surface area contributed by atoms with Crippen LogP contribution in [0.1, 0.15) is 35.1 Å². The zero-order valence-electron chi connectivity index (χ0n) is 17.5. The van der Waals surface area contributed by atoms with E-state index in [2.05, 4.69) is 4.72 Å². The predicted octanol–water partition coefficient (Wildman–Crippen LogP) is 3.38. The van der Waals surface area contributed by atoms with E-state index in [0.29, 0.717) is 30.7 Å². The lowest BCUT2D eigenvalue weighted by molar-refractivity contribution is -0.140. The highest BCUT2D eigenvalue weighted by Crippen LogP contribution is 2.30. The Kier molecular flexibility index (Phi) is 7.71. The fraction of sp³-hybridized carbons (Fsp3) is 0.304. The summed E-state index contributed by atoms with van der Waals surface area (Å²) in [6.07, 6.45) is 4.91. The van der Waals surface area contributed by atoms with Crippen LogP contribution < -0.4 is 4.72 Å². The fourth-order valence-electron chi connectivity index (χ4n) is 3.87. The first-order chi connectivity index (χ1) is 15.2. The van der Waals surface area contributed by atoms with E-state index in [4.69, 9.17) is 21.4 Å². The summed E-state index contributed by atoms with van der Waals surface area (Å²) in [6, 6.07) is 9.29. The van der Waals surface area contributed by atoms with E-state index in [1.807, 2.05) is 6.07 Å². The Balaban J connectivity index is 1.88. The molecule has 1 aliphatic carbocycles. The molecular formula is C23H24ClNO6S. The number of ether oxygens (including phenoxy) is 1. The zero-order chi connectivity index (χ0) is 23.3. The van der Waals surface area contributed by atoms with Crippen molar-refractivity contribution < 1.29 is 27.9 Å². The van der Waals surface area contributed by atoms with Gasteiger partial charge in [-0.3, -0.25) is 4.79 Å². The van der Waals surface area contributed by atoms with E-state index in [1.165, 1.54) is 37.5 Å². The Hall–Kier alpha value is -2.68. The lowest BCUT2D eigenvalue weighted by Gasteiger charge is -2.28. The highest BCUT2D eigenvalue weighted by atomic mass is 35.5. The van der Waals surface area contributed by atoms with Gasteiger partial charge in [-0.1, -0.05) is 23.7 Å². The van der Waals surface area contributed by atoms with Crippen LogP contribution in [0.4, 0.5) is 0 Å². The first-order valence-electron chi connectivity index (χ1n) is 10.1. The molecule has 0 spiro atoms. The molecule has 1 aliphatic rings. The number of rotatable bonds is 8. The molecule has 170 valence electrons. The quantitative estimate of drug-likeness (QED) is 0.445. The van der Waals surface area contributed by atoms with Crippen LogP contribution in [0.15, 0.2) is 47.4 Å². The number of carboxylic acids is 1. The number of sulfonamides is 1. The van der Waals surface area contributed by atoms with Crippen LogP contribution in [-0.4, -0.2) is 38.6 Å². The molecule has 2 N–H and O–H groups in total. The highest BCUT2D eigenvalue weighted by molar-refractivity contribution is 7.89. The minimum Gasteiger partial charge on any atom is -0.478 e. The maximum Gasteiger partial charge on any atom is 0.328 e. The fourth-order valence-corrected chi connectivity index (χ4v) is 5.27. The second kappa shape index (κ2) is 10.3. The zero-order valence-corrected chi connectivity index (χ0v) is 19.1. The van der Waals surface area contributed by atoms with Crippen molar-refractivity contribution in [3.63, 3.8) is 0 Å². The Labute approximate surface area is 192 Å². The van der Waals surface area contributed by atoms with Crippen molar-refractivity contribution >= 4 is 39.6 Å². The van der Waals surface area contributed by atoms with Gasteiger partial charge in [0.25, 0.3) is 0 Å². The number of methoxy groups -OCH3 is 1. The van der Waals surface area contributed by atoms with Crippen LogP contribution in [0.25, 0.3) is 6.08 Å². The summed E-state index contributed by atoms with van der Waals surface area (Å²) < 4.78 is 33.1. The van der Waals surface area contributed by atoms with E-state index < -0.39 is 16.0 Å². The van der Waals surface area contributed by atoms with Gasteiger partial charge in [0.05, 0.1) is 12.0 Å². The molecule has 0 fully saturated rings. The molecule has 0 radical (unpaired) electrons. The number of hydrogen-bond donors (Lipinski definition) is 2. The Morgan fingerprint density at radius 3 is 2.56 bits per heavy atom. The Bertz CT molecular complexity index is 1140. The number of carbonyl (C=O) groups is 2. The molecule has 1 atom stereocenters. The SMILES string of the molecule is COC(=O)CCc1ccc(C=CC(=O)O)c2c1CCC(NS(=O)(=O)c1ccc(Cl)cc1)C2. The van der Waals surface area contributed by atoms with Gasteiger partial charge in [-0.25, -0.2) is 17.9 Å². The second-order valence-corrected chi connectivity index (χ2v) is 9.68. The van der Waals surface area contributed by atoms with Crippen molar-refractivity contribution in [3.05, 3.63) is 69.8 Å². The monoisotopic (exact) mass is 477 g/mol. The smallest absolute Gasteiger partial charge is 0.328 e. The number of fused-ring (bicyclic) bond motifs is 1. The number of aryl methyl sites for hydroxylation is 1. The molecule has 0 heterocycles. The molecule has 0 aromatic heterocycles. The van der Waals surface area contributed by atoms with Gasteiger partial charge in [-0.2, -0.15) is 0 Å². The Morgan fingerprint density at radius 1 is 1.19 bits per heavy atom. The minimum absolute atomic E-state index is 0.130. The summed E-state index contributed by atoms with van der Waals surface area (Å²) in [5.41, 5.74) is 3.62. The van der Waals surface area contributed by atoms with E-state index >= 15 is 0 Å². The van der Waals surface area contributed by atoms with Gasteiger partial charge in [0.2, 0.25) is 10.0 Å². The van der Waals surface area contributed by atoms with Crippen LogP contribution >= 0.6 is 11.6 Å². The number of aliphatic carboxylic acids is 1. The molecule has 9 heteroatoms. The number of esters is 1. The van der Waals surface area contributed by atoms with Crippen LogP contribution in [0, 0.1) is 0 Å². The van der Waals surface area contributed by atoms with Crippen LogP contribution in [0.3, 0.4) is 0 Å². The summed E-state index contributed by atoms with van der Waals surface area (Å²) in [5.74, 6) is -1.37. The predicted molar refractivity (Wildman–Crippen MR) is 121 cm³/mol. The van der Waals surface area contributed by atoms with Gasteiger partial charge in [0.1, 0.15) is 0 Å². The van der Waals surface area contributed by atoms with Crippen molar-refractivity contribution in [2.75, 3.05) is 7.11 Å². The van der Waals surface area contributed by atoms with Crippen molar-refractivity contribution in [2.24, 2.45) is 0 Å². The summed E-state index contributed by atoms with van der Waals surface area (Å²) in [5, 5.41) is 9.47. The van der Waals surface area contributed by atoms with Crippen molar-refractivity contribution in [2.45, 2.75) is 43.0 Å². The van der Waals surface area contributed by atoms with E-state index in [9.17, 15) is 18.0 Å². The number of hydrogen-bond acceptors (Lipinski definition) is 5. The molecular weight excluding hydrogens is 454 g/mol. The largest absolute Gasteiger partial charge is 0.478 e. The molecule has 2 aromatic rings. The molecule has 0 aliphatic heterocycles. The molecule has 2 aromatic carbocycles. The number of halogens is 1. The molecule has 0 bridgehead atoms. The molecule has 7 nitrogen and oxygen atoms in total. The lowest BCUT2D eigenvalue weighted by Crippen LogP contribution is -2.39. The van der Waals surface area contributed by atoms with Crippen molar-refractivity contribution in [1.82, 2.24) is 4.72 Å². The van der Waals surface area contributed by atoms with E-state index in [-0.39, 0.29) is 23.3 Å². The maximum atomic E-state index is 12.8. The normalized spacial score (nSPS) is 16.0. The van der Waals surface area contributed by atoms with Gasteiger partial charge in [0, 0.05) is 23.6 Å². The minimum atomic E-state index is -3.73. The number of carboxylic acid groups (broad SMARTS) is 1. The third kappa shape index (κ3) is 5.97. The van der Waals surface area contributed by atoms with E-state index in [1.54, 1.807) is 6.07 Å². The molecule has 1 unspecified atom stereocenters. The summed E-state index contributed by atoms with van der Waals surface area (Å²) in [6.45, 7) is 0. The topological polar surface area (TPSA) is 110 Å². The van der Waals surface area contributed by atoms with Gasteiger partial charge in [0.15, 0.2) is 0 Å². The molecule has 3 rings (SSSR count). The third-order valence-corrected chi connectivity index (χ3v) is 7.22. The van der Waals surface area contributed by atoms with Crippen LogP contribution in [-0.2, 0) is 43.6 Å². The second-order valence-electron chi connectivity index (χ2n) is 7.53. The highest BCUT2D eigenvalue weighted by Gasteiger charge is 2.27.